The van der Waals surface area contributed by atoms with Gasteiger partial charge in [-0.3, -0.25) is 0 Å². The number of hydrogen-bond acceptors (Lipinski definition) is 3. The van der Waals surface area contributed by atoms with E-state index in [-0.39, 0.29) is 5.92 Å². The first kappa shape index (κ1) is 11.3. The van der Waals surface area contributed by atoms with E-state index in [9.17, 15) is 0 Å². The molecule has 1 atom stereocenters. The minimum absolute atomic E-state index is 0.129. The van der Waals surface area contributed by atoms with Gasteiger partial charge in [0.05, 0.1) is 0 Å². The zero-order chi connectivity index (χ0) is 10.6. The highest BCUT2D eigenvalue weighted by atomic mass is 16.4. The highest BCUT2D eigenvalue weighted by Crippen LogP contribution is 2.32. The highest BCUT2D eigenvalue weighted by molar-refractivity contribution is 5.82. The van der Waals surface area contributed by atoms with E-state index < -0.39 is 0 Å². The number of nitrogens with two attached hydrogens (primary N) is 1. The summed E-state index contributed by atoms with van der Waals surface area (Å²) in [6.07, 6.45) is 4.10. The first-order valence-corrected chi connectivity index (χ1v) is 5.29. The zero-order valence-corrected chi connectivity index (χ0v) is 9.11. The number of amidine groups is 1. The maximum Gasteiger partial charge on any atom is 0.143 e. The van der Waals surface area contributed by atoms with Crippen LogP contribution in [0, 0.1) is 11.8 Å². The van der Waals surface area contributed by atoms with Crippen molar-refractivity contribution in [3.05, 3.63) is 0 Å². The lowest BCUT2D eigenvalue weighted by Crippen LogP contribution is -2.33. The van der Waals surface area contributed by atoms with E-state index in [4.69, 9.17) is 10.9 Å². The molecule has 1 saturated carbocycles. The maximum absolute atomic E-state index is 8.49. The Hall–Kier alpha value is -0.770. The number of hydrogen-bond donors (Lipinski definition) is 2. The quantitative estimate of drug-likeness (QED) is 0.291. The van der Waals surface area contributed by atoms with E-state index in [1.165, 1.54) is 19.3 Å². The van der Waals surface area contributed by atoms with Crippen molar-refractivity contribution in [2.24, 2.45) is 22.7 Å². The normalized spacial score (nSPS) is 20.1. The Kier molecular flexibility index (Phi) is 4.20. The number of oxime groups is 1. The lowest BCUT2D eigenvalue weighted by Gasteiger charge is -2.20. The molecule has 0 radical (unpaired) electrons. The Balaban J connectivity index is 2.14. The molecule has 0 bridgehead atoms. The smallest absolute Gasteiger partial charge is 0.143 e. The van der Waals surface area contributed by atoms with E-state index in [0.29, 0.717) is 5.84 Å². The average Bonchev–Trinajstić information content (AvgIpc) is 2.96. The van der Waals surface area contributed by atoms with Crippen LogP contribution in [-0.4, -0.2) is 36.1 Å². The van der Waals surface area contributed by atoms with Gasteiger partial charge in [0.2, 0.25) is 0 Å². The summed E-state index contributed by atoms with van der Waals surface area (Å²) in [6.45, 7) is 3.96. The predicted molar refractivity (Wildman–Crippen MR) is 57.4 cm³/mol. The minimum atomic E-state index is 0.129. The average molecular weight is 199 g/mol. The SMILES string of the molecule is CC(CN(C)CCC1CC1)C(N)=NO. The minimum Gasteiger partial charge on any atom is -0.409 e. The topological polar surface area (TPSA) is 61.8 Å². The largest absolute Gasteiger partial charge is 0.409 e. The van der Waals surface area contributed by atoms with E-state index in [0.717, 1.165) is 19.0 Å². The Morgan fingerprint density at radius 3 is 2.79 bits per heavy atom. The first-order valence-electron chi connectivity index (χ1n) is 5.29. The molecule has 0 aromatic heterocycles. The monoisotopic (exact) mass is 199 g/mol. The zero-order valence-electron chi connectivity index (χ0n) is 9.11. The molecule has 82 valence electrons. The van der Waals surface area contributed by atoms with Gasteiger partial charge in [-0.15, -0.1) is 0 Å². The summed E-state index contributed by atoms with van der Waals surface area (Å²) in [5.41, 5.74) is 5.51. The summed E-state index contributed by atoms with van der Waals surface area (Å²) in [5, 5.41) is 11.5. The molecule has 0 amide bonds. The van der Waals surface area contributed by atoms with Gasteiger partial charge in [-0.05, 0) is 25.9 Å². The predicted octanol–water partition coefficient (Wildman–Crippen LogP) is 1.10. The third kappa shape index (κ3) is 3.96. The third-order valence-corrected chi connectivity index (χ3v) is 2.82. The van der Waals surface area contributed by atoms with E-state index in [1.54, 1.807) is 0 Å². The van der Waals surface area contributed by atoms with Crippen molar-refractivity contribution in [3.63, 3.8) is 0 Å². The fourth-order valence-corrected chi connectivity index (χ4v) is 1.56. The van der Waals surface area contributed by atoms with Crippen molar-refractivity contribution < 1.29 is 5.21 Å². The van der Waals surface area contributed by atoms with Crippen LogP contribution in [0.2, 0.25) is 0 Å². The van der Waals surface area contributed by atoms with Gasteiger partial charge in [0.25, 0.3) is 0 Å². The van der Waals surface area contributed by atoms with Gasteiger partial charge in [-0.1, -0.05) is 24.9 Å². The van der Waals surface area contributed by atoms with Crippen LogP contribution in [0.4, 0.5) is 0 Å². The van der Waals surface area contributed by atoms with Gasteiger partial charge >= 0.3 is 0 Å². The van der Waals surface area contributed by atoms with Gasteiger partial charge in [0.1, 0.15) is 5.84 Å². The Morgan fingerprint density at radius 1 is 1.64 bits per heavy atom. The fraction of sp³-hybridized carbons (Fsp3) is 0.900. The van der Waals surface area contributed by atoms with Gasteiger partial charge in [-0.2, -0.15) is 0 Å². The van der Waals surface area contributed by atoms with Crippen LogP contribution in [-0.2, 0) is 0 Å². The van der Waals surface area contributed by atoms with Gasteiger partial charge < -0.3 is 15.8 Å². The van der Waals surface area contributed by atoms with Crippen LogP contribution < -0.4 is 5.73 Å². The molecule has 1 unspecified atom stereocenters. The molecule has 4 heteroatoms. The summed E-state index contributed by atoms with van der Waals surface area (Å²) in [7, 11) is 2.09. The standard InChI is InChI=1S/C10H21N3O/c1-8(10(11)12-14)7-13(2)6-5-9-3-4-9/h8-9,14H,3-7H2,1-2H3,(H2,11,12). The Bertz CT molecular complexity index is 202. The maximum atomic E-state index is 8.49. The second-order valence-corrected chi connectivity index (χ2v) is 4.42. The molecular formula is C10H21N3O. The van der Waals surface area contributed by atoms with Crippen molar-refractivity contribution in [3.8, 4) is 0 Å². The molecule has 0 aromatic rings. The van der Waals surface area contributed by atoms with Crippen LogP contribution in [0.1, 0.15) is 26.2 Å². The van der Waals surface area contributed by atoms with E-state index in [2.05, 4.69) is 17.1 Å². The molecule has 0 aliphatic heterocycles. The summed E-state index contributed by atoms with van der Waals surface area (Å²) in [6, 6.07) is 0. The molecule has 1 aliphatic carbocycles. The van der Waals surface area contributed by atoms with Crippen LogP contribution in [0.15, 0.2) is 5.16 Å². The molecule has 0 heterocycles. The number of rotatable bonds is 6. The van der Waals surface area contributed by atoms with Crippen molar-refractivity contribution in [2.75, 3.05) is 20.1 Å². The molecule has 0 aromatic carbocycles. The molecule has 3 N–H and O–H groups in total. The van der Waals surface area contributed by atoms with Crippen molar-refractivity contribution >= 4 is 5.84 Å². The summed E-state index contributed by atoms with van der Waals surface area (Å²) >= 11 is 0. The lowest BCUT2D eigenvalue weighted by molar-refractivity contribution is 0.289. The van der Waals surface area contributed by atoms with E-state index >= 15 is 0 Å². The first-order chi connectivity index (χ1) is 6.63. The Labute approximate surface area is 85.8 Å². The van der Waals surface area contributed by atoms with Crippen LogP contribution in [0.3, 0.4) is 0 Å². The van der Waals surface area contributed by atoms with Crippen molar-refractivity contribution in [1.29, 1.82) is 0 Å². The molecule has 4 nitrogen and oxygen atoms in total. The number of nitrogens with zero attached hydrogens (tertiary/aromatic N) is 2. The molecule has 1 fully saturated rings. The molecule has 1 aliphatic rings. The van der Waals surface area contributed by atoms with E-state index in [1.807, 2.05) is 6.92 Å². The molecular weight excluding hydrogens is 178 g/mol. The second kappa shape index (κ2) is 5.20. The highest BCUT2D eigenvalue weighted by Gasteiger charge is 2.21. The van der Waals surface area contributed by atoms with Crippen molar-refractivity contribution in [2.45, 2.75) is 26.2 Å². The third-order valence-electron chi connectivity index (χ3n) is 2.82. The van der Waals surface area contributed by atoms with Crippen LogP contribution in [0.5, 0.6) is 0 Å². The molecule has 14 heavy (non-hydrogen) atoms. The van der Waals surface area contributed by atoms with Gasteiger partial charge in [0.15, 0.2) is 0 Å². The lowest BCUT2D eigenvalue weighted by atomic mass is 10.1. The second-order valence-electron chi connectivity index (χ2n) is 4.42. The van der Waals surface area contributed by atoms with Crippen LogP contribution >= 0.6 is 0 Å². The summed E-state index contributed by atoms with van der Waals surface area (Å²) < 4.78 is 0. The molecule has 0 saturated heterocycles. The van der Waals surface area contributed by atoms with Crippen molar-refractivity contribution in [1.82, 2.24) is 4.90 Å². The summed E-state index contributed by atoms with van der Waals surface area (Å²) in [4.78, 5) is 2.25. The molecule has 1 rings (SSSR count). The van der Waals surface area contributed by atoms with Gasteiger partial charge in [0, 0.05) is 12.5 Å². The van der Waals surface area contributed by atoms with Crippen LogP contribution in [0.25, 0.3) is 0 Å². The fourth-order valence-electron chi connectivity index (χ4n) is 1.56. The Morgan fingerprint density at radius 2 is 2.29 bits per heavy atom. The summed E-state index contributed by atoms with van der Waals surface area (Å²) in [5.74, 6) is 1.42. The molecule has 0 spiro atoms. The van der Waals surface area contributed by atoms with Gasteiger partial charge in [-0.25, -0.2) is 0 Å².